The fourth-order valence-electron chi connectivity index (χ4n) is 3.06. The van der Waals surface area contributed by atoms with Crippen LogP contribution in [0.2, 0.25) is 0 Å². The van der Waals surface area contributed by atoms with Gasteiger partial charge in [-0.25, -0.2) is 12.7 Å². The summed E-state index contributed by atoms with van der Waals surface area (Å²) < 4.78 is 26.3. The first-order chi connectivity index (χ1) is 13.3. The van der Waals surface area contributed by atoms with Gasteiger partial charge in [0.2, 0.25) is 15.9 Å². The van der Waals surface area contributed by atoms with E-state index in [4.69, 9.17) is 0 Å². The van der Waals surface area contributed by atoms with E-state index in [1.807, 2.05) is 30.3 Å². The molecule has 0 heterocycles. The molecule has 1 amide bonds. The maximum Gasteiger partial charge on any atom is 0.242 e. The number of carbonyl (C=O) groups excluding carboxylic acids is 1. The lowest BCUT2D eigenvalue weighted by atomic mass is 9.97. The summed E-state index contributed by atoms with van der Waals surface area (Å²) in [6, 6.07) is 18.3. The van der Waals surface area contributed by atoms with Crippen LogP contribution in [0.1, 0.15) is 44.7 Å². The van der Waals surface area contributed by atoms with Crippen molar-refractivity contribution in [3.8, 4) is 0 Å². The average molecular weight is 403 g/mol. The Morgan fingerprint density at radius 3 is 2.14 bits per heavy atom. The molecule has 2 aromatic rings. The average Bonchev–Trinajstić information content (AvgIpc) is 2.68. The van der Waals surface area contributed by atoms with Crippen LogP contribution in [-0.4, -0.2) is 32.2 Å². The minimum Gasteiger partial charge on any atom is -0.349 e. The predicted octanol–water partition coefficient (Wildman–Crippen LogP) is 3.99. The highest BCUT2D eigenvalue weighted by Crippen LogP contribution is 2.21. The Balaban J connectivity index is 1.89. The molecular formula is C22H30N2O3S. The number of amides is 1. The highest BCUT2D eigenvalue weighted by atomic mass is 32.2. The zero-order valence-corrected chi connectivity index (χ0v) is 17.7. The van der Waals surface area contributed by atoms with Crippen LogP contribution in [0.5, 0.6) is 0 Å². The van der Waals surface area contributed by atoms with Crippen LogP contribution in [0.15, 0.2) is 65.6 Å². The molecule has 5 nitrogen and oxygen atoms in total. The number of nitrogens with one attached hydrogen (secondary N) is 1. The van der Waals surface area contributed by atoms with Crippen LogP contribution >= 0.6 is 0 Å². The zero-order chi connectivity index (χ0) is 20.6. The van der Waals surface area contributed by atoms with Crippen LogP contribution < -0.4 is 5.32 Å². The fraction of sp³-hybridized carbons (Fsp3) is 0.409. The zero-order valence-electron chi connectivity index (χ0n) is 16.8. The van der Waals surface area contributed by atoms with Gasteiger partial charge < -0.3 is 5.32 Å². The summed E-state index contributed by atoms with van der Waals surface area (Å²) in [5, 5.41) is 3.10. The summed E-state index contributed by atoms with van der Waals surface area (Å²) in [6.07, 6.45) is 1.62. The van der Waals surface area contributed by atoms with E-state index in [1.54, 1.807) is 37.4 Å². The largest absolute Gasteiger partial charge is 0.349 e. The van der Waals surface area contributed by atoms with E-state index < -0.39 is 10.0 Å². The molecule has 0 unspecified atom stereocenters. The first-order valence-electron chi connectivity index (χ1n) is 9.66. The maximum atomic E-state index is 12.5. The van der Waals surface area contributed by atoms with Gasteiger partial charge in [-0.05, 0) is 36.5 Å². The van der Waals surface area contributed by atoms with E-state index in [2.05, 4.69) is 19.2 Å². The minimum atomic E-state index is -3.52. The summed E-state index contributed by atoms with van der Waals surface area (Å²) in [5.41, 5.74) is 1.09. The number of carbonyl (C=O) groups is 1. The Morgan fingerprint density at radius 1 is 1.00 bits per heavy atom. The van der Waals surface area contributed by atoms with Gasteiger partial charge in [-0.1, -0.05) is 62.4 Å². The van der Waals surface area contributed by atoms with Crippen molar-refractivity contribution in [1.29, 1.82) is 0 Å². The molecule has 28 heavy (non-hydrogen) atoms. The minimum absolute atomic E-state index is 0.0283. The molecule has 0 saturated heterocycles. The number of hydrogen-bond acceptors (Lipinski definition) is 3. The van der Waals surface area contributed by atoms with Gasteiger partial charge >= 0.3 is 0 Å². The van der Waals surface area contributed by atoms with Crippen molar-refractivity contribution in [2.75, 3.05) is 13.6 Å². The highest BCUT2D eigenvalue weighted by molar-refractivity contribution is 7.89. The van der Waals surface area contributed by atoms with Crippen molar-refractivity contribution in [3.05, 3.63) is 66.2 Å². The third-order valence-electron chi connectivity index (χ3n) is 4.57. The second kappa shape index (κ2) is 10.4. The monoisotopic (exact) mass is 402 g/mol. The quantitative estimate of drug-likeness (QED) is 0.653. The van der Waals surface area contributed by atoms with Gasteiger partial charge in [0, 0.05) is 20.0 Å². The highest BCUT2D eigenvalue weighted by Gasteiger charge is 2.21. The Labute approximate surface area is 168 Å². The van der Waals surface area contributed by atoms with Gasteiger partial charge in [0.15, 0.2) is 0 Å². The van der Waals surface area contributed by atoms with E-state index in [1.165, 1.54) is 4.31 Å². The Bertz CT molecular complexity index is 837. The number of benzene rings is 2. The molecule has 152 valence electrons. The molecule has 1 N–H and O–H groups in total. The number of hydrogen-bond donors (Lipinski definition) is 1. The molecule has 0 aliphatic carbocycles. The SMILES string of the molecule is CC(C)C[C@H](NC(=O)CCCN(C)S(=O)(=O)c1ccccc1)c1ccccc1. The van der Waals surface area contributed by atoms with Gasteiger partial charge in [0.25, 0.3) is 0 Å². The smallest absolute Gasteiger partial charge is 0.242 e. The standard InChI is InChI=1S/C22H30N2O3S/c1-18(2)17-21(19-11-6-4-7-12-19)23-22(25)15-10-16-24(3)28(26,27)20-13-8-5-9-14-20/h4-9,11-14,18,21H,10,15-17H2,1-3H3,(H,23,25)/t21-/m0/s1. The maximum absolute atomic E-state index is 12.5. The number of sulfonamides is 1. The summed E-state index contributed by atoms with van der Waals surface area (Å²) in [6.45, 7) is 4.56. The van der Waals surface area contributed by atoms with Crippen LogP contribution in [0, 0.1) is 5.92 Å². The molecule has 0 aromatic heterocycles. The normalized spacial score (nSPS) is 12.9. The van der Waals surface area contributed by atoms with Crippen molar-refractivity contribution in [1.82, 2.24) is 9.62 Å². The van der Waals surface area contributed by atoms with E-state index >= 15 is 0 Å². The molecule has 2 aromatic carbocycles. The van der Waals surface area contributed by atoms with Crippen molar-refractivity contribution >= 4 is 15.9 Å². The molecule has 6 heteroatoms. The second-order valence-corrected chi connectivity index (χ2v) is 9.45. The van der Waals surface area contributed by atoms with Crippen LogP contribution in [0.25, 0.3) is 0 Å². The van der Waals surface area contributed by atoms with Gasteiger partial charge in [-0.15, -0.1) is 0 Å². The summed E-state index contributed by atoms with van der Waals surface area (Å²) >= 11 is 0. The molecule has 0 bridgehead atoms. The third kappa shape index (κ3) is 6.46. The van der Waals surface area contributed by atoms with Gasteiger partial charge in [0.05, 0.1) is 10.9 Å². The van der Waals surface area contributed by atoms with Gasteiger partial charge in [0.1, 0.15) is 0 Å². The predicted molar refractivity (Wildman–Crippen MR) is 112 cm³/mol. The lowest BCUT2D eigenvalue weighted by Crippen LogP contribution is -2.31. The number of rotatable bonds is 10. The summed E-state index contributed by atoms with van der Waals surface area (Å²) in [4.78, 5) is 12.7. The lowest BCUT2D eigenvalue weighted by molar-refractivity contribution is -0.122. The summed E-state index contributed by atoms with van der Waals surface area (Å²) in [5.74, 6) is 0.396. The third-order valence-corrected chi connectivity index (χ3v) is 6.44. The molecule has 0 aliphatic rings. The molecule has 0 aliphatic heterocycles. The van der Waals surface area contributed by atoms with Crippen molar-refractivity contribution < 1.29 is 13.2 Å². The Hall–Kier alpha value is -2.18. The van der Waals surface area contributed by atoms with Crippen LogP contribution in [0.4, 0.5) is 0 Å². The lowest BCUT2D eigenvalue weighted by Gasteiger charge is -2.22. The summed E-state index contributed by atoms with van der Waals surface area (Å²) in [7, 11) is -1.97. The fourth-order valence-corrected chi connectivity index (χ4v) is 4.29. The van der Waals surface area contributed by atoms with E-state index in [0.29, 0.717) is 18.9 Å². The van der Waals surface area contributed by atoms with Crippen molar-refractivity contribution in [2.24, 2.45) is 5.92 Å². The molecule has 2 rings (SSSR count). The van der Waals surface area contributed by atoms with Gasteiger partial charge in [-0.3, -0.25) is 4.79 Å². The number of nitrogens with zero attached hydrogens (tertiary/aromatic N) is 1. The topological polar surface area (TPSA) is 66.5 Å². The molecule has 0 fully saturated rings. The first kappa shape index (κ1) is 22.1. The second-order valence-electron chi connectivity index (χ2n) is 7.40. The Morgan fingerprint density at radius 2 is 1.57 bits per heavy atom. The molecule has 1 atom stereocenters. The van der Waals surface area contributed by atoms with Crippen LogP contribution in [-0.2, 0) is 14.8 Å². The van der Waals surface area contributed by atoms with Crippen molar-refractivity contribution in [2.45, 2.75) is 44.0 Å². The molecular weight excluding hydrogens is 372 g/mol. The van der Waals surface area contributed by atoms with Gasteiger partial charge in [-0.2, -0.15) is 0 Å². The van der Waals surface area contributed by atoms with E-state index in [-0.39, 0.29) is 23.3 Å². The van der Waals surface area contributed by atoms with E-state index in [9.17, 15) is 13.2 Å². The van der Waals surface area contributed by atoms with E-state index in [0.717, 1.165) is 12.0 Å². The van der Waals surface area contributed by atoms with Crippen molar-refractivity contribution in [3.63, 3.8) is 0 Å². The van der Waals surface area contributed by atoms with Crippen LogP contribution in [0.3, 0.4) is 0 Å². The first-order valence-corrected chi connectivity index (χ1v) is 11.1. The molecule has 0 radical (unpaired) electrons. The molecule has 0 saturated carbocycles. The molecule has 0 spiro atoms. The Kier molecular flexibility index (Phi) is 8.20.